The number of anilines is 1. The molecule has 0 atom stereocenters. The van der Waals surface area contributed by atoms with Crippen LogP contribution in [-0.2, 0) is 4.74 Å². The van der Waals surface area contributed by atoms with Crippen molar-refractivity contribution in [2.75, 3.05) is 31.7 Å². The van der Waals surface area contributed by atoms with Crippen LogP contribution in [0.25, 0.3) is 0 Å². The van der Waals surface area contributed by atoms with Gasteiger partial charge < -0.3 is 9.64 Å². The summed E-state index contributed by atoms with van der Waals surface area (Å²) in [5, 5.41) is 9.02. The molecule has 2 rings (SSSR count). The second kappa shape index (κ2) is 5.83. The number of rotatable bonds is 3. The average molecular weight is 248 g/mol. The number of benzene rings is 1. The maximum atomic E-state index is 13.5. The molecule has 1 aliphatic rings. The van der Waals surface area contributed by atoms with E-state index in [2.05, 4.69) is 0 Å². The van der Waals surface area contributed by atoms with Gasteiger partial charge in [-0.2, -0.15) is 5.26 Å². The molecule has 1 heterocycles. The summed E-state index contributed by atoms with van der Waals surface area (Å²) in [6, 6.07) is 6.70. The molecule has 18 heavy (non-hydrogen) atoms. The van der Waals surface area contributed by atoms with Gasteiger partial charge in [0.15, 0.2) is 0 Å². The molecule has 0 saturated carbocycles. The second-order valence-electron chi connectivity index (χ2n) is 4.68. The van der Waals surface area contributed by atoms with Gasteiger partial charge in [-0.05, 0) is 30.9 Å². The highest BCUT2D eigenvalue weighted by molar-refractivity contribution is 5.59. The van der Waals surface area contributed by atoms with E-state index in [9.17, 15) is 4.39 Å². The van der Waals surface area contributed by atoms with Crippen LogP contribution in [0.3, 0.4) is 0 Å². The topological polar surface area (TPSA) is 36.3 Å². The number of ether oxygens (including phenoxy) is 1. The lowest BCUT2D eigenvalue weighted by Gasteiger charge is -2.28. The molecule has 0 spiro atoms. The summed E-state index contributed by atoms with van der Waals surface area (Å²) in [6.07, 6.45) is 2.06. The molecule has 1 fully saturated rings. The van der Waals surface area contributed by atoms with Crippen molar-refractivity contribution in [3.05, 3.63) is 29.6 Å². The molecule has 0 unspecified atom stereocenters. The van der Waals surface area contributed by atoms with Gasteiger partial charge in [0.2, 0.25) is 0 Å². The number of hydrogen-bond donors (Lipinski definition) is 0. The van der Waals surface area contributed by atoms with Gasteiger partial charge in [-0.25, -0.2) is 4.39 Å². The van der Waals surface area contributed by atoms with E-state index in [4.69, 9.17) is 10.00 Å². The summed E-state index contributed by atoms with van der Waals surface area (Å²) >= 11 is 0. The molecular weight excluding hydrogens is 231 g/mol. The molecular formula is C14H17FN2O. The molecule has 0 aliphatic carbocycles. The Morgan fingerprint density at radius 3 is 2.83 bits per heavy atom. The maximum absolute atomic E-state index is 13.5. The summed E-state index contributed by atoms with van der Waals surface area (Å²) in [4.78, 5) is 1.97. The predicted octanol–water partition coefficient (Wildman–Crippen LogP) is 2.56. The van der Waals surface area contributed by atoms with Crippen molar-refractivity contribution in [3.8, 4) is 6.07 Å². The van der Waals surface area contributed by atoms with E-state index in [1.165, 1.54) is 6.07 Å². The Balaban J connectivity index is 2.11. The number of nitriles is 1. The first-order chi connectivity index (χ1) is 8.72. The van der Waals surface area contributed by atoms with Crippen LogP contribution in [0, 0.1) is 23.1 Å². The van der Waals surface area contributed by atoms with E-state index >= 15 is 0 Å². The molecule has 0 aromatic heterocycles. The van der Waals surface area contributed by atoms with Gasteiger partial charge in [0.25, 0.3) is 0 Å². The smallest absolute Gasteiger partial charge is 0.143 e. The zero-order chi connectivity index (χ0) is 13.0. The Labute approximate surface area is 107 Å². The van der Waals surface area contributed by atoms with E-state index in [1.54, 1.807) is 12.1 Å². The summed E-state index contributed by atoms with van der Waals surface area (Å²) in [6.45, 7) is 2.43. The fourth-order valence-electron chi connectivity index (χ4n) is 2.36. The van der Waals surface area contributed by atoms with Crippen molar-refractivity contribution >= 4 is 5.69 Å². The van der Waals surface area contributed by atoms with E-state index in [1.807, 2.05) is 18.0 Å². The van der Waals surface area contributed by atoms with Crippen LogP contribution < -0.4 is 4.90 Å². The van der Waals surface area contributed by atoms with Gasteiger partial charge in [-0.15, -0.1) is 0 Å². The van der Waals surface area contributed by atoms with Crippen LogP contribution in [0.2, 0.25) is 0 Å². The molecule has 3 nitrogen and oxygen atoms in total. The normalized spacial score (nSPS) is 16.3. The number of nitrogens with zero attached hydrogens (tertiary/aromatic N) is 2. The molecule has 1 aliphatic heterocycles. The van der Waals surface area contributed by atoms with Gasteiger partial charge in [-0.1, -0.05) is 6.07 Å². The standard InChI is InChI=1S/C14H17FN2O/c1-17(10-11-5-7-18-8-6-11)14-4-2-3-13(15)12(14)9-16/h2-4,11H,5-8,10H2,1H3. The van der Waals surface area contributed by atoms with Gasteiger partial charge in [0.05, 0.1) is 5.69 Å². The van der Waals surface area contributed by atoms with E-state index < -0.39 is 5.82 Å². The number of hydrogen-bond acceptors (Lipinski definition) is 3. The highest BCUT2D eigenvalue weighted by atomic mass is 19.1. The quantitative estimate of drug-likeness (QED) is 0.824. The van der Waals surface area contributed by atoms with Gasteiger partial charge >= 0.3 is 0 Å². The van der Waals surface area contributed by atoms with Crippen molar-refractivity contribution in [1.29, 1.82) is 5.26 Å². The number of halogens is 1. The molecule has 0 bridgehead atoms. The van der Waals surface area contributed by atoms with Crippen molar-refractivity contribution in [2.24, 2.45) is 5.92 Å². The highest BCUT2D eigenvalue weighted by Gasteiger charge is 2.18. The lowest BCUT2D eigenvalue weighted by atomic mass is 9.99. The largest absolute Gasteiger partial charge is 0.381 e. The summed E-state index contributed by atoms with van der Waals surface area (Å²) in [5.74, 6) is 0.104. The first-order valence-electron chi connectivity index (χ1n) is 6.20. The van der Waals surface area contributed by atoms with Gasteiger partial charge in [0.1, 0.15) is 17.4 Å². The molecule has 0 N–H and O–H groups in total. The Morgan fingerprint density at radius 1 is 1.44 bits per heavy atom. The SMILES string of the molecule is CN(CC1CCOCC1)c1cccc(F)c1C#N. The van der Waals surface area contributed by atoms with E-state index in [-0.39, 0.29) is 5.56 Å². The summed E-state index contributed by atoms with van der Waals surface area (Å²) in [7, 11) is 1.91. The van der Waals surface area contributed by atoms with Crippen LogP contribution in [0.15, 0.2) is 18.2 Å². The van der Waals surface area contributed by atoms with E-state index in [0.717, 1.165) is 32.6 Å². The first-order valence-corrected chi connectivity index (χ1v) is 6.20. The highest BCUT2D eigenvalue weighted by Crippen LogP contribution is 2.24. The average Bonchev–Trinajstić information content (AvgIpc) is 2.39. The molecule has 1 saturated heterocycles. The third kappa shape index (κ3) is 2.80. The van der Waals surface area contributed by atoms with Crippen molar-refractivity contribution < 1.29 is 9.13 Å². The van der Waals surface area contributed by atoms with Crippen LogP contribution in [-0.4, -0.2) is 26.8 Å². The van der Waals surface area contributed by atoms with Gasteiger partial charge in [0, 0.05) is 26.8 Å². The molecule has 96 valence electrons. The monoisotopic (exact) mass is 248 g/mol. The van der Waals surface area contributed by atoms with Crippen molar-refractivity contribution in [2.45, 2.75) is 12.8 Å². The summed E-state index contributed by atoms with van der Waals surface area (Å²) in [5.41, 5.74) is 0.802. The van der Waals surface area contributed by atoms with Crippen molar-refractivity contribution in [3.63, 3.8) is 0 Å². The third-order valence-corrected chi connectivity index (χ3v) is 3.39. The van der Waals surface area contributed by atoms with Crippen LogP contribution in [0.1, 0.15) is 18.4 Å². The fourth-order valence-corrected chi connectivity index (χ4v) is 2.36. The fraction of sp³-hybridized carbons (Fsp3) is 0.500. The molecule has 4 heteroatoms. The Kier molecular flexibility index (Phi) is 4.16. The van der Waals surface area contributed by atoms with Crippen LogP contribution >= 0.6 is 0 Å². The van der Waals surface area contributed by atoms with Crippen LogP contribution in [0.5, 0.6) is 0 Å². The molecule has 1 aromatic rings. The third-order valence-electron chi connectivity index (χ3n) is 3.39. The molecule has 0 radical (unpaired) electrons. The lowest BCUT2D eigenvalue weighted by molar-refractivity contribution is 0.0685. The zero-order valence-electron chi connectivity index (χ0n) is 10.5. The van der Waals surface area contributed by atoms with Crippen LogP contribution in [0.4, 0.5) is 10.1 Å². The van der Waals surface area contributed by atoms with E-state index in [0.29, 0.717) is 11.6 Å². The molecule has 1 aromatic carbocycles. The molecule has 0 amide bonds. The minimum absolute atomic E-state index is 0.132. The lowest BCUT2D eigenvalue weighted by Crippen LogP contribution is -2.30. The minimum Gasteiger partial charge on any atom is -0.381 e. The predicted molar refractivity (Wildman–Crippen MR) is 67.9 cm³/mol. The first kappa shape index (κ1) is 12.8. The zero-order valence-corrected chi connectivity index (χ0v) is 10.5. The van der Waals surface area contributed by atoms with Crippen molar-refractivity contribution in [1.82, 2.24) is 0 Å². The van der Waals surface area contributed by atoms with Gasteiger partial charge in [-0.3, -0.25) is 0 Å². The Hall–Kier alpha value is -1.60. The Morgan fingerprint density at radius 2 is 2.17 bits per heavy atom. The minimum atomic E-state index is -0.450. The maximum Gasteiger partial charge on any atom is 0.143 e. The second-order valence-corrected chi connectivity index (χ2v) is 4.68. The Bertz CT molecular complexity index is 450. The summed E-state index contributed by atoms with van der Waals surface area (Å²) < 4.78 is 18.8.